The number of carbonyl (C=O) groups is 1. The molecule has 37 heteroatoms. The number of rotatable bonds is 34. The van der Waals surface area contributed by atoms with Crippen molar-refractivity contribution in [2.24, 2.45) is 0 Å². The number of nitrogens with two attached hydrogens (primary N) is 5. The number of nitrogen functional groups attached to an aromatic ring is 5. The molecule has 0 bridgehead atoms. The molecule has 7 aromatic carbocycles. The van der Waals surface area contributed by atoms with E-state index in [4.69, 9.17) is 45.0 Å². The van der Waals surface area contributed by atoms with Gasteiger partial charge >= 0.3 is 0 Å². The Balaban J connectivity index is 0.000000165. The molecule has 784 valence electrons. The summed E-state index contributed by atoms with van der Waals surface area (Å²) in [5, 5.41) is 35.8. The molecule has 12 N–H and O–H groups in total. The Hall–Kier alpha value is -16.7. The summed E-state index contributed by atoms with van der Waals surface area (Å²) < 4.78 is 14.5. The quantitative estimate of drug-likeness (QED) is 0.0197. The fraction of sp³-hybridized carbons (Fsp3) is 0.330. The number of para-hydroxylation sites is 6. The highest BCUT2D eigenvalue weighted by molar-refractivity contribution is 6.33. The zero-order valence-corrected chi connectivity index (χ0v) is 87.6. The van der Waals surface area contributed by atoms with Crippen molar-refractivity contribution in [1.29, 1.82) is 0 Å². The van der Waals surface area contributed by atoms with Crippen molar-refractivity contribution in [2.75, 3.05) is 154 Å². The first-order valence-electron chi connectivity index (χ1n) is 51.0. The second kappa shape index (κ2) is 57.9. The summed E-state index contributed by atoms with van der Waals surface area (Å²) >= 11 is 6.14. The Bertz CT molecular complexity index is 7010. The largest absolute Gasteiger partial charge is 0.497 e. The van der Waals surface area contributed by atoms with Crippen molar-refractivity contribution in [3.05, 3.63) is 351 Å². The van der Waals surface area contributed by atoms with Gasteiger partial charge in [0, 0.05) is 92.0 Å². The maximum atomic E-state index is 12.7. The molecule has 14 aromatic rings. The molecule has 0 unspecified atom stereocenters. The Kier molecular flexibility index (Phi) is 43.8. The minimum atomic E-state index is -0.314. The summed E-state index contributed by atoms with van der Waals surface area (Å²) in [6, 6.07) is 63.2. The number of ether oxygens (including phenoxy) is 1. The van der Waals surface area contributed by atoms with Crippen molar-refractivity contribution < 1.29 is 9.53 Å². The van der Waals surface area contributed by atoms with E-state index in [1.807, 2.05) is 237 Å². The van der Waals surface area contributed by atoms with Gasteiger partial charge in [0.15, 0.2) is 0 Å². The van der Waals surface area contributed by atoms with Gasteiger partial charge in [0.25, 0.3) is 38.9 Å². The van der Waals surface area contributed by atoms with E-state index in [-0.39, 0.29) is 67.6 Å². The summed E-state index contributed by atoms with van der Waals surface area (Å²) in [6.07, 6.45) is 32.6. The Morgan fingerprint density at radius 2 is 0.671 bits per heavy atom. The third-order valence-corrected chi connectivity index (χ3v) is 25.0. The maximum Gasteiger partial charge on any atom is 0.297 e. The van der Waals surface area contributed by atoms with E-state index in [9.17, 15) is 38.4 Å². The second-order valence-corrected chi connectivity index (χ2v) is 35.6. The third kappa shape index (κ3) is 30.3. The molecule has 2 aliphatic heterocycles. The number of aromatic nitrogens is 14. The molecule has 149 heavy (non-hydrogen) atoms. The summed E-state index contributed by atoms with van der Waals surface area (Å²) in [5.41, 5.74) is 40.7. The van der Waals surface area contributed by atoms with Gasteiger partial charge in [-0.25, -0.2) is 0 Å². The molecule has 9 heterocycles. The number of anilines is 13. The van der Waals surface area contributed by atoms with Crippen LogP contribution in [0.5, 0.6) is 5.75 Å². The van der Waals surface area contributed by atoms with Gasteiger partial charge < -0.3 is 73.4 Å². The molecule has 0 spiro atoms. The van der Waals surface area contributed by atoms with E-state index < -0.39 is 0 Å². The number of methoxy groups -OCH3 is 1. The van der Waals surface area contributed by atoms with Gasteiger partial charge in [-0.2, -0.15) is 68.5 Å². The SMILES string of the molecule is CC(=O)Nc1c(N2CCCC2)cnn(-c2ccccc2)c1=O.CCCCN(CC)c1cnn(-c2ccccc2)c(=O)c1N.CCCCN(CCCC)c1cnn(C2=CCCC=C2)c(=O)c1N.CCCN(CCC)c1cnn(-c2ccccc2)c(=O)c1N.CCN(CC)c1cnn(-c2ccccc2)c(=O)c1N.COc1ccc(CNc2c(Cl)cnn(-c3ccccc3)c2=O)cc1.Nc1c(N2CCCC2)cnn(-c2ccccc2)c1=O. The van der Waals surface area contributed by atoms with E-state index >= 15 is 0 Å². The number of amides is 1. The minimum Gasteiger partial charge on any atom is -0.497 e. The fourth-order valence-electron chi connectivity index (χ4n) is 16.7. The maximum absolute atomic E-state index is 12.7. The minimum absolute atomic E-state index is 0.224. The molecule has 36 nitrogen and oxygen atoms in total. The van der Waals surface area contributed by atoms with Crippen LogP contribution in [0.3, 0.4) is 0 Å². The van der Waals surface area contributed by atoms with E-state index in [1.165, 1.54) is 45.9 Å². The Labute approximate surface area is 874 Å². The first kappa shape index (κ1) is 113. The zero-order valence-electron chi connectivity index (χ0n) is 86.9. The van der Waals surface area contributed by atoms with Crippen molar-refractivity contribution in [2.45, 2.75) is 159 Å². The lowest BCUT2D eigenvalue weighted by Gasteiger charge is -2.25. The van der Waals surface area contributed by atoms with Gasteiger partial charge in [-0.15, -0.1) is 0 Å². The number of hydrogen-bond donors (Lipinski definition) is 7. The van der Waals surface area contributed by atoms with Crippen molar-refractivity contribution in [3.8, 4) is 39.9 Å². The predicted octanol–water partition coefficient (Wildman–Crippen LogP) is 16.7. The molecule has 0 saturated carbocycles. The number of allylic oxidation sites excluding steroid dienone is 4. The highest BCUT2D eigenvalue weighted by atomic mass is 35.5. The number of benzene rings is 7. The van der Waals surface area contributed by atoms with Crippen LogP contribution in [0, 0.1) is 0 Å². The lowest BCUT2D eigenvalue weighted by molar-refractivity contribution is -0.114. The molecule has 0 radical (unpaired) electrons. The molecule has 0 atom stereocenters. The van der Waals surface area contributed by atoms with E-state index in [2.05, 4.69) is 118 Å². The predicted molar refractivity (Wildman–Crippen MR) is 606 cm³/mol. The molecule has 1 aliphatic carbocycles. The first-order valence-corrected chi connectivity index (χ1v) is 51.4. The number of carbonyl (C=O) groups excluding carboxylic acids is 1. The average molecular weight is 2040 g/mol. The van der Waals surface area contributed by atoms with E-state index in [0.29, 0.717) is 57.1 Å². The smallest absolute Gasteiger partial charge is 0.297 e. The summed E-state index contributed by atoms with van der Waals surface area (Å²) in [5.74, 6) is 0.524. The van der Waals surface area contributed by atoms with E-state index in [0.717, 1.165) is 225 Å². The van der Waals surface area contributed by atoms with Crippen LogP contribution in [-0.2, 0) is 11.3 Å². The van der Waals surface area contributed by atoms with Gasteiger partial charge in [0.05, 0.1) is 129 Å². The van der Waals surface area contributed by atoms with Gasteiger partial charge in [-0.05, 0) is 188 Å². The fourth-order valence-corrected chi connectivity index (χ4v) is 16.9. The zero-order chi connectivity index (χ0) is 107. The molecule has 17 rings (SSSR count). The molecule has 7 aromatic heterocycles. The Morgan fingerprint density at radius 1 is 0.356 bits per heavy atom. The number of halogens is 1. The second-order valence-electron chi connectivity index (χ2n) is 35.2. The number of nitrogens with one attached hydrogen (secondary N) is 2. The van der Waals surface area contributed by atoms with Gasteiger partial charge in [-0.3, -0.25) is 38.4 Å². The number of unbranched alkanes of at least 4 members (excludes halogenated alkanes) is 3. The van der Waals surface area contributed by atoms with Gasteiger partial charge in [0.1, 0.15) is 45.6 Å². The van der Waals surface area contributed by atoms with Crippen LogP contribution in [0.15, 0.2) is 301 Å². The lowest BCUT2D eigenvalue weighted by Crippen LogP contribution is -2.32. The standard InChI is InChI=1S/C18H16ClN3O2.C18H28N4O.C16H18N4O2.2C16H22N4O.C14H16N4O.C14H18N4O/c1-24-15-9-7-13(8-10-15)11-20-17-16(19)12-21-22(18(17)23)14-5-3-2-4-6-14;1-3-5-12-21(13-6-4-2)16-14-20-22(18(23)17(16)19)15-10-8-7-9-11-15;1-12(21)18-15-14(19-9-5-6-10-19)11-17-20(16(15)22)13-7-3-2-4-8-13;1-3-10-19(11-4-2)14-12-18-20(16(21)15(14)17)13-8-6-5-7-9-13;1-3-5-11-19(4-2)14-12-18-20(16(21)15(14)17)13-9-7-6-8-10-13;15-13-12(17-8-4-5-9-17)10-16-18(14(13)19)11-6-2-1-3-7-11;1-3-17(4-2)12-10-16-18(14(19)13(12)15)11-8-6-5-7-9-11/h2-10,12,20H,11H2,1H3;8,10-11,14H,3-7,9,12-13,19H2,1-2H3;2-4,7-8,11H,5-6,9-10H2,1H3,(H,18,21);5-9,12H,3-4,10-11,17H2,1-2H3;6-10,12H,3-5,11,17H2,1-2H3;1-3,6-7,10H,4-5,8-9,15H2;5-10H,3-4,15H2,1-2H3. The van der Waals surface area contributed by atoms with Crippen LogP contribution >= 0.6 is 11.6 Å². The summed E-state index contributed by atoms with van der Waals surface area (Å²) in [4.78, 5) is 112. The van der Waals surface area contributed by atoms with Crippen LogP contribution in [0.4, 0.5) is 73.9 Å². The molecule has 2 fully saturated rings. The lowest BCUT2D eigenvalue weighted by atomic mass is 10.1. The number of hydrogen-bond acceptors (Lipinski definition) is 28. The number of nitrogens with zero attached hydrogens (tertiary/aromatic N) is 20. The normalized spacial score (nSPS) is 12.1. The summed E-state index contributed by atoms with van der Waals surface area (Å²) in [7, 11) is 1.62. The van der Waals surface area contributed by atoms with Crippen LogP contribution in [-0.4, -0.2) is 160 Å². The monoisotopic (exact) mass is 2040 g/mol. The average Bonchev–Trinajstić information content (AvgIpc) is 1.78. The molecule has 1 amide bonds. The molecular weight excluding hydrogens is 1900 g/mol. The highest BCUT2D eigenvalue weighted by Crippen LogP contribution is 2.30. The topological polar surface area (TPSA) is 444 Å². The molecule has 2 saturated heterocycles. The van der Waals surface area contributed by atoms with Gasteiger partial charge in [-0.1, -0.05) is 199 Å². The Morgan fingerprint density at radius 3 is 1.03 bits per heavy atom. The molecular formula is C112H140ClN27O9. The van der Waals surface area contributed by atoms with Crippen LogP contribution in [0.1, 0.15) is 158 Å². The first-order chi connectivity index (χ1) is 72.4. The highest BCUT2D eigenvalue weighted by Gasteiger charge is 2.26. The molecule has 3 aliphatic rings. The van der Waals surface area contributed by atoms with Crippen molar-refractivity contribution in [1.82, 2.24) is 68.5 Å². The van der Waals surface area contributed by atoms with E-state index in [1.54, 1.807) is 44.3 Å². The summed E-state index contributed by atoms with van der Waals surface area (Å²) in [6.45, 7) is 29.1. The third-order valence-electron chi connectivity index (χ3n) is 24.7. The van der Waals surface area contributed by atoms with Crippen LogP contribution < -0.4 is 112 Å². The van der Waals surface area contributed by atoms with Crippen molar-refractivity contribution >= 4 is 97.1 Å². The van der Waals surface area contributed by atoms with Crippen LogP contribution in [0.2, 0.25) is 5.02 Å². The van der Waals surface area contributed by atoms with Gasteiger partial charge in [0.2, 0.25) is 5.91 Å². The van der Waals surface area contributed by atoms with Crippen molar-refractivity contribution in [3.63, 3.8) is 0 Å². The van der Waals surface area contributed by atoms with Crippen LogP contribution in [0.25, 0.3) is 39.8 Å².